The van der Waals surface area contributed by atoms with Gasteiger partial charge in [0.25, 0.3) is 5.91 Å². The summed E-state index contributed by atoms with van der Waals surface area (Å²) in [5.74, 6) is 0.764. The summed E-state index contributed by atoms with van der Waals surface area (Å²) in [6.07, 6.45) is 1.35. The maximum Gasteiger partial charge on any atom is 0.251 e. The summed E-state index contributed by atoms with van der Waals surface area (Å²) in [4.78, 5) is 11.6. The number of rotatable bonds is 4. The van der Waals surface area contributed by atoms with Crippen molar-refractivity contribution in [1.82, 2.24) is 0 Å². The van der Waals surface area contributed by atoms with Crippen LogP contribution in [0.2, 0.25) is 5.02 Å². The zero-order valence-electron chi connectivity index (χ0n) is 9.91. The Kier molecular flexibility index (Phi) is 4.84. The maximum atomic E-state index is 11.6. The lowest BCUT2D eigenvalue weighted by atomic mass is 10.3. The average Bonchev–Trinajstić information content (AvgIpc) is 2.29. The molecule has 0 spiro atoms. The van der Waals surface area contributed by atoms with Crippen LogP contribution in [0.5, 0.6) is 5.75 Å². The van der Waals surface area contributed by atoms with Gasteiger partial charge in [-0.15, -0.1) is 0 Å². The van der Waals surface area contributed by atoms with Gasteiger partial charge in [0.15, 0.2) is 0 Å². The molecule has 92 valence electrons. The molecule has 0 fully saturated rings. The number of allylic oxidation sites excluding steroid dienone is 1. The highest BCUT2D eigenvalue weighted by Gasteiger charge is 2.06. The third kappa shape index (κ3) is 4.00. The van der Waals surface area contributed by atoms with Crippen LogP contribution in [0.1, 0.15) is 6.92 Å². The molecule has 1 amide bonds. The second kappa shape index (κ2) is 6.15. The summed E-state index contributed by atoms with van der Waals surface area (Å²) in [5, 5.41) is 3.18. The van der Waals surface area contributed by atoms with Gasteiger partial charge in [0.05, 0.1) is 25.7 Å². The fourth-order valence-corrected chi connectivity index (χ4v) is 1.36. The molecule has 0 aliphatic heterocycles. The van der Waals surface area contributed by atoms with Crippen LogP contribution in [-0.2, 0) is 9.53 Å². The topological polar surface area (TPSA) is 47.6 Å². The van der Waals surface area contributed by atoms with Gasteiger partial charge >= 0.3 is 0 Å². The second-order valence-electron chi connectivity index (χ2n) is 3.29. The largest absolute Gasteiger partial charge is 0.501 e. The van der Waals surface area contributed by atoms with E-state index >= 15 is 0 Å². The van der Waals surface area contributed by atoms with Crippen molar-refractivity contribution in [2.24, 2.45) is 0 Å². The summed E-state index contributed by atoms with van der Waals surface area (Å²) < 4.78 is 9.99. The number of nitrogens with one attached hydrogen (secondary N) is 1. The molecule has 0 aliphatic rings. The Morgan fingerprint density at radius 2 is 2.12 bits per heavy atom. The Hall–Kier alpha value is -1.68. The number of benzene rings is 1. The van der Waals surface area contributed by atoms with E-state index < -0.39 is 0 Å². The number of halogens is 1. The van der Waals surface area contributed by atoms with Crippen LogP contribution < -0.4 is 10.1 Å². The van der Waals surface area contributed by atoms with E-state index in [-0.39, 0.29) is 5.91 Å². The molecule has 0 aromatic heterocycles. The molecule has 0 bridgehead atoms. The van der Waals surface area contributed by atoms with Gasteiger partial charge in [-0.05, 0) is 25.1 Å². The number of anilines is 1. The zero-order valence-corrected chi connectivity index (χ0v) is 10.7. The van der Waals surface area contributed by atoms with Crippen molar-refractivity contribution in [2.75, 3.05) is 19.5 Å². The van der Waals surface area contributed by atoms with Crippen molar-refractivity contribution in [3.63, 3.8) is 0 Å². The summed E-state index contributed by atoms with van der Waals surface area (Å²) in [6, 6.07) is 4.99. The lowest BCUT2D eigenvalue weighted by molar-refractivity contribution is -0.112. The molecule has 0 unspecified atom stereocenters. The van der Waals surface area contributed by atoms with Gasteiger partial charge < -0.3 is 14.8 Å². The standard InChI is InChI=1S/C12H14ClNO3/c1-8(16-2)6-12(15)14-10-7-9(13)4-5-11(10)17-3/h4-7H,1-3H3,(H,14,15)/b8-6-. The molecule has 0 radical (unpaired) electrons. The first kappa shape index (κ1) is 13.4. The monoisotopic (exact) mass is 255 g/mol. The summed E-state index contributed by atoms with van der Waals surface area (Å²) in [7, 11) is 3.02. The number of carbonyl (C=O) groups excluding carboxylic acids is 1. The van der Waals surface area contributed by atoms with Crippen molar-refractivity contribution in [1.29, 1.82) is 0 Å². The van der Waals surface area contributed by atoms with Crippen LogP contribution in [0.25, 0.3) is 0 Å². The van der Waals surface area contributed by atoms with Crippen molar-refractivity contribution in [3.05, 3.63) is 35.1 Å². The van der Waals surface area contributed by atoms with Crippen LogP contribution in [0.4, 0.5) is 5.69 Å². The zero-order chi connectivity index (χ0) is 12.8. The van der Waals surface area contributed by atoms with Crippen molar-refractivity contribution < 1.29 is 14.3 Å². The number of amides is 1. The first-order valence-electron chi connectivity index (χ1n) is 4.93. The molecule has 5 heteroatoms. The summed E-state index contributed by atoms with van der Waals surface area (Å²) >= 11 is 5.84. The number of ether oxygens (including phenoxy) is 2. The molecule has 1 N–H and O–H groups in total. The van der Waals surface area contributed by atoms with Gasteiger partial charge in [0.2, 0.25) is 0 Å². The number of hydrogen-bond acceptors (Lipinski definition) is 3. The quantitative estimate of drug-likeness (QED) is 0.665. The second-order valence-corrected chi connectivity index (χ2v) is 3.73. The number of hydrogen-bond donors (Lipinski definition) is 1. The van der Waals surface area contributed by atoms with E-state index in [4.69, 9.17) is 21.1 Å². The predicted molar refractivity (Wildman–Crippen MR) is 67.4 cm³/mol. The van der Waals surface area contributed by atoms with Gasteiger partial charge in [0.1, 0.15) is 5.75 Å². The molecule has 1 aromatic rings. The fraction of sp³-hybridized carbons (Fsp3) is 0.250. The molecule has 4 nitrogen and oxygen atoms in total. The third-order valence-corrected chi connectivity index (χ3v) is 2.31. The minimum atomic E-state index is -0.301. The van der Waals surface area contributed by atoms with Crippen LogP contribution >= 0.6 is 11.6 Å². The van der Waals surface area contributed by atoms with E-state index in [0.29, 0.717) is 22.2 Å². The molecule has 17 heavy (non-hydrogen) atoms. The minimum Gasteiger partial charge on any atom is -0.501 e. The SMILES string of the molecule is CO/C(C)=C\C(=O)Nc1cc(Cl)ccc1OC. The first-order chi connectivity index (χ1) is 8.06. The highest BCUT2D eigenvalue weighted by Crippen LogP contribution is 2.27. The lowest BCUT2D eigenvalue weighted by Crippen LogP contribution is -2.10. The highest BCUT2D eigenvalue weighted by atomic mass is 35.5. The molecule has 1 aromatic carbocycles. The Labute approximate surface area is 105 Å². The van der Waals surface area contributed by atoms with E-state index in [1.807, 2.05) is 0 Å². The Morgan fingerprint density at radius 1 is 1.41 bits per heavy atom. The first-order valence-corrected chi connectivity index (χ1v) is 5.31. The Morgan fingerprint density at radius 3 is 2.71 bits per heavy atom. The van der Waals surface area contributed by atoms with Gasteiger partial charge in [-0.2, -0.15) is 0 Å². The molecule has 0 atom stereocenters. The smallest absolute Gasteiger partial charge is 0.251 e. The minimum absolute atomic E-state index is 0.301. The van der Waals surface area contributed by atoms with Gasteiger partial charge in [-0.25, -0.2) is 0 Å². The normalized spacial score (nSPS) is 10.9. The Balaban J connectivity index is 2.87. The van der Waals surface area contributed by atoms with E-state index in [1.165, 1.54) is 20.3 Å². The predicted octanol–water partition coefficient (Wildman–Crippen LogP) is 2.84. The van der Waals surface area contributed by atoms with Gasteiger partial charge in [0, 0.05) is 11.1 Å². The number of methoxy groups -OCH3 is 2. The maximum absolute atomic E-state index is 11.6. The van der Waals surface area contributed by atoms with E-state index in [9.17, 15) is 4.79 Å². The molecular formula is C12H14ClNO3. The summed E-state index contributed by atoms with van der Waals surface area (Å²) in [6.45, 7) is 1.69. The number of carbonyl (C=O) groups is 1. The Bertz CT molecular complexity index is 443. The van der Waals surface area contributed by atoms with Crippen LogP contribution in [0, 0.1) is 0 Å². The molecule has 0 aliphatic carbocycles. The fourth-order valence-electron chi connectivity index (χ4n) is 1.19. The highest BCUT2D eigenvalue weighted by molar-refractivity contribution is 6.31. The lowest BCUT2D eigenvalue weighted by Gasteiger charge is -2.09. The van der Waals surface area contributed by atoms with Crippen LogP contribution in [0.15, 0.2) is 30.0 Å². The average molecular weight is 256 g/mol. The van der Waals surface area contributed by atoms with Crippen LogP contribution in [-0.4, -0.2) is 20.1 Å². The van der Waals surface area contributed by atoms with E-state index in [1.54, 1.807) is 25.1 Å². The third-order valence-electron chi connectivity index (χ3n) is 2.08. The van der Waals surface area contributed by atoms with Gasteiger partial charge in [-0.3, -0.25) is 4.79 Å². The van der Waals surface area contributed by atoms with E-state index in [0.717, 1.165) is 0 Å². The summed E-state index contributed by atoms with van der Waals surface area (Å²) in [5.41, 5.74) is 0.519. The molecular weight excluding hydrogens is 242 g/mol. The molecule has 1 rings (SSSR count). The van der Waals surface area contributed by atoms with E-state index in [2.05, 4.69) is 5.32 Å². The van der Waals surface area contributed by atoms with Crippen molar-refractivity contribution >= 4 is 23.2 Å². The van der Waals surface area contributed by atoms with Crippen LogP contribution in [0.3, 0.4) is 0 Å². The van der Waals surface area contributed by atoms with Crippen molar-refractivity contribution in [3.8, 4) is 5.75 Å². The van der Waals surface area contributed by atoms with Gasteiger partial charge in [-0.1, -0.05) is 11.6 Å². The molecule has 0 saturated carbocycles. The molecule has 0 saturated heterocycles. The molecule has 0 heterocycles. The van der Waals surface area contributed by atoms with Crippen molar-refractivity contribution in [2.45, 2.75) is 6.92 Å².